The molecule has 0 aromatic carbocycles. The summed E-state index contributed by atoms with van der Waals surface area (Å²) in [5.74, 6) is 0.414. The monoisotopic (exact) mass is 291 g/mol. The third kappa shape index (κ3) is 2.66. The molecule has 0 fully saturated rings. The Morgan fingerprint density at radius 3 is 3.00 bits per heavy atom. The largest absolute Gasteiger partial charge is 0.384 e. The van der Waals surface area contributed by atoms with Gasteiger partial charge in [-0.25, -0.2) is 4.98 Å². The zero-order valence-corrected chi connectivity index (χ0v) is 13.1. The van der Waals surface area contributed by atoms with Gasteiger partial charge in [-0.05, 0) is 19.1 Å². The minimum atomic E-state index is 0.414. The molecule has 0 amide bonds. The normalized spacial score (nSPS) is 19.2. The standard InChI is InChI=1S/C15H21N3OS/c1-11-4-5-13(20-11)7-18-6-12(9-19-3)15-14(8-18)16-10-17(15)2/h4-5,10,12H,6-9H2,1-3H3/t12-/m0/s1. The number of ether oxygens (including phenoxy) is 1. The number of aromatic nitrogens is 2. The molecule has 0 unspecified atom stereocenters. The van der Waals surface area contributed by atoms with E-state index < -0.39 is 0 Å². The summed E-state index contributed by atoms with van der Waals surface area (Å²) < 4.78 is 7.54. The van der Waals surface area contributed by atoms with Gasteiger partial charge in [-0.1, -0.05) is 0 Å². The third-order valence-electron chi connectivity index (χ3n) is 3.84. The van der Waals surface area contributed by atoms with Crippen LogP contribution in [-0.2, 0) is 24.9 Å². The lowest BCUT2D eigenvalue weighted by atomic mass is 9.99. The van der Waals surface area contributed by atoms with Gasteiger partial charge < -0.3 is 9.30 Å². The molecule has 5 heteroatoms. The minimum absolute atomic E-state index is 0.414. The van der Waals surface area contributed by atoms with Crippen molar-refractivity contribution in [2.24, 2.45) is 7.05 Å². The molecule has 2 aromatic heterocycles. The van der Waals surface area contributed by atoms with Crippen LogP contribution in [0.5, 0.6) is 0 Å². The molecule has 20 heavy (non-hydrogen) atoms. The predicted molar refractivity (Wildman–Crippen MR) is 81.0 cm³/mol. The number of aryl methyl sites for hydroxylation is 2. The maximum Gasteiger partial charge on any atom is 0.0949 e. The van der Waals surface area contributed by atoms with Crippen molar-refractivity contribution in [2.45, 2.75) is 25.9 Å². The maximum atomic E-state index is 5.40. The molecule has 0 aliphatic carbocycles. The van der Waals surface area contributed by atoms with E-state index in [1.807, 2.05) is 17.7 Å². The van der Waals surface area contributed by atoms with Gasteiger partial charge in [-0.3, -0.25) is 4.90 Å². The second-order valence-electron chi connectivity index (χ2n) is 5.52. The van der Waals surface area contributed by atoms with Crippen LogP contribution < -0.4 is 0 Å². The van der Waals surface area contributed by atoms with Gasteiger partial charge in [0.25, 0.3) is 0 Å². The van der Waals surface area contributed by atoms with Crippen LogP contribution in [0.25, 0.3) is 0 Å². The van der Waals surface area contributed by atoms with Crippen LogP contribution in [0.1, 0.15) is 27.1 Å². The van der Waals surface area contributed by atoms with Crippen molar-refractivity contribution in [1.29, 1.82) is 0 Å². The topological polar surface area (TPSA) is 30.3 Å². The van der Waals surface area contributed by atoms with Crippen molar-refractivity contribution in [1.82, 2.24) is 14.5 Å². The molecule has 0 bridgehead atoms. The quantitative estimate of drug-likeness (QED) is 0.867. The number of hydrogen-bond acceptors (Lipinski definition) is 4. The molecule has 0 N–H and O–H groups in total. The Labute approximate surface area is 124 Å². The maximum absolute atomic E-state index is 5.40. The first-order valence-electron chi connectivity index (χ1n) is 6.94. The van der Waals surface area contributed by atoms with Crippen molar-refractivity contribution in [2.75, 3.05) is 20.3 Å². The van der Waals surface area contributed by atoms with Gasteiger partial charge in [0.05, 0.1) is 18.6 Å². The average Bonchev–Trinajstić information content (AvgIpc) is 2.97. The second-order valence-corrected chi connectivity index (χ2v) is 6.89. The number of nitrogens with zero attached hydrogens (tertiary/aromatic N) is 3. The molecule has 1 aliphatic rings. The van der Waals surface area contributed by atoms with Crippen LogP contribution in [0.3, 0.4) is 0 Å². The van der Waals surface area contributed by atoms with E-state index in [9.17, 15) is 0 Å². The van der Waals surface area contributed by atoms with Crippen molar-refractivity contribution >= 4 is 11.3 Å². The van der Waals surface area contributed by atoms with E-state index in [2.05, 4.69) is 40.6 Å². The summed E-state index contributed by atoms with van der Waals surface area (Å²) in [7, 11) is 3.85. The number of imidazole rings is 1. The van der Waals surface area contributed by atoms with E-state index >= 15 is 0 Å². The Hall–Kier alpha value is -1.17. The average molecular weight is 291 g/mol. The van der Waals surface area contributed by atoms with Gasteiger partial charge in [-0.2, -0.15) is 0 Å². The van der Waals surface area contributed by atoms with Crippen molar-refractivity contribution in [3.8, 4) is 0 Å². The Morgan fingerprint density at radius 1 is 1.45 bits per heavy atom. The lowest BCUT2D eigenvalue weighted by Crippen LogP contribution is -2.35. The highest BCUT2D eigenvalue weighted by Crippen LogP contribution is 2.29. The molecule has 0 saturated carbocycles. The van der Waals surface area contributed by atoms with Gasteiger partial charge >= 0.3 is 0 Å². The Bertz CT molecular complexity index is 590. The van der Waals surface area contributed by atoms with E-state index in [1.54, 1.807) is 7.11 Å². The van der Waals surface area contributed by atoms with Crippen molar-refractivity contribution in [3.05, 3.63) is 39.6 Å². The van der Waals surface area contributed by atoms with E-state index in [4.69, 9.17) is 4.74 Å². The van der Waals surface area contributed by atoms with Gasteiger partial charge in [0.15, 0.2) is 0 Å². The fourth-order valence-electron chi connectivity index (χ4n) is 3.05. The van der Waals surface area contributed by atoms with Gasteiger partial charge in [-0.15, -0.1) is 11.3 Å². The molecule has 3 heterocycles. The zero-order chi connectivity index (χ0) is 14.1. The molecule has 3 rings (SSSR count). The SMILES string of the molecule is COC[C@@H]1CN(Cc2ccc(C)s2)Cc2ncn(C)c21. The summed E-state index contributed by atoms with van der Waals surface area (Å²) >= 11 is 1.88. The van der Waals surface area contributed by atoms with Crippen LogP contribution in [0, 0.1) is 6.92 Å². The molecule has 2 aromatic rings. The highest BCUT2D eigenvalue weighted by molar-refractivity contribution is 7.11. The lowest BCUT2D eigenvalue weighted by Gasteiger charge is -2.32. The van der Waals surface area contributed by atoms with E-state index in [0.717, 1.165) is 26.2 Å². The fourth-order valence-corrected chi connectivity index (χ4v) is 3.98. The van der Waals surface area contributed by atoms with Crippen LogP contribution in [0.4, 0.5) is 0 Å². The second kappa shape index (κ2) is 5.68. The minimum Gasteiger partial charge on any atom is -0.384 e. The number of fused-ring (bicyclic) bond motifs is 1. The third-order valence-corrected chi connectivity index (χ3v) is 4.83. The van der Waals surface area contributed by atoms with E-state index in [-0.39, 0.29) is 0 Å². The molecule has 0 spiro atoms. The van der Waals surface area contributed by atoms with Crippen LogP contribution >= 0.6 is 11.3 Å². The number of methoxy groups -OCH3 is 1. The van der Waals surface area contributed by atoms with Gasteiger partial charge in [0.1, 0.15) is 0 Å². The van der Waals surface area contributed by atoms with Crippen LogP contribution in [-0.4, -0.2) is 34.7 Å². The van der Waals surface area contributed by atoms with Crippen LogP contribution in [0.2, 0.25) is 0 Å². The summed E-state index contributed by atoms with van der Waals surface area (Å²) in [6.07, 6.45) is 1.92. The molecular formula is C15H21N3OS. The molecule has 0 saturated heterocycles. The summed E-state index contributed by atoms with van der Waals surface area (Å²) in [6.45, 7) is 5.90. The van der Waals surface area contributed by atoms with Crippen molar-refractivity contribution < 1.29 is 4.74 Å². The highest BCUT2D eigenvalue weighted by atomic mass is 32.1. The van der Waals surface area contributed by atoms with Crippen molar-refractivity contribution in [3.63, 3.8) is 0 Å². The first-order valence-corrected chi connectivity index (χ1v) is 7.75. The van der Waals surface area contributed by atoms with Gasteiger partial charge in [0.2, 0.25) is 0 Å². The summed E-state index contributed by atoms with van der Waals surface area (Å²) in [6, 6.07) is 4.43. The lowest BCUT2D eigenvalue weighted by molar-refractivity contribution is 0.132. The Morgan fingerprint density at radius 2 is 2.30 bits per heavy atom. The number of hydrogen-bond donors (Lipinski definition) is 0. The van der Waals surface area contributed by atoms with E-state index in [0.29, 0.717) is 5.92 Å². The summed E-state index contributed by atoms with van der Waals surface area (Å²) in [4.78, 5) is 9.84. The molecule has 0 radical (unpaired) electrons. The molecule has 1 aliphatic heterocycles. The molecule has 1 atom stereocenters. The first-order chi connectivity index (χ1) is 9.67. The molecular weight excluding hydrogens is 270 g/mol. The number of rotatable bonds is 4. The fraction of sp³-hybridized carbons (Fsp3) is 0.533. The Balaban J connectivity index is 1.79. The summed E-state index contributed by atoms with van der Waals surface area (Å²) in [5, 5.41) is 0. The van der Waals surface area contributed by atoms with Crippen LogP contribution in [0.15, 0.2) is 18.5 Å². The molecule has 108 valence electrons. The number of thiophene rings is 1. The first kappa shape index (κ1) is 13.8. The Kier molecular flexibility index (Phi) is 3.92. The predicted octanol–water partition coefficient (Wildman–Crippen LogP) is 2.54. The van der Waals surface area contributed by atoms with E-state index in [1.165, 1.54) is 21.1 Å². The summed E-state index contributed by atoms with van der Waals surface area (Å²) in [5.41, 5.74) is 2.54. The zero-order valence-electron chi connectivity index (χ0n) is 12.3. The smallest absolute Gasteiger partial charge is 0.0949 e. The van der Waals surface area contributed by atoms with Gasteiger partial charge in [0, 0.05) is 55.2 Å². The molecule has 4 nitrogen and oxygen atoms in total. The highest BCUT2D eigenvalue weighted by Gasteiger charge is 2.29.